The van der Waals surface area contributed by atoms with Crippen LogP contribution in [0.2, 0.25) is 0 Å². The van der Waals surface area contributed by atoms with Gasteiger partial charge in [0.25, 0.3) is 10.1 Å². The van der Waals surface area contributed by atoms with Gasteiger partial charge in [0.1, 0.15) is 0 Å². The molecular weight excluding hydrogens is 167 g/mol. The van der Waals surface area contributed by atoms with E-state index in [2.05, 4.69) is 4.18 Å². The van der Waals surface area contributed by atoms with Crippen molar-refractivity contribution in [1.29, 1.82) is 0 Å². The summed E-state index contributed by atoms with van der Waals surface area (Å²) < 4.78 is 24.9. The molecule has 0 aliphatic carbocycles. The van der Waals surface area contributed by atoms with E-state index in [0.717, 1.165) is 0 Å². The van der Waals surface area contributed by atoms with Crippen molar-refractivity contribution in [3.8, 4) is 0 Å². The molecule has 3 nitrogen and oxygen atoms in total. The van der Waals surface area contributed by atoms with E-state index in [4.69, 9.17) is 0 Å². The van der Waals surface area contributed by atoms with Crippen molar-refractivity contribution >= 4 is 61.5 Å². The summed E-state index contributed by atoms with van der Waals surface area (Å²) in [5.74, 6) is 0.115. The number of hydrogen-bond acceptors (Lipinski definition) is 3. The van der Waals surface area contributed by atoms with Gasteiger partial charge in [0.2, 0.25) is 0 Å². The van der Waals surface area contributed by atoms with E-state index >= 15 is 0 Å². The molecule has 0 N–H and O–H groups in total. The molecule has 5 heteroatoms. The molecule has 0 atom stereocenters. The minimum absolute atomic E-state index is 0. The molecule has 0 rings (SSSR count). The summed E-state index contributed by atoms with van der Waals surface area (Å²) in [5.41, 5.74) is 0. The van der Waals surface area contributed by atoms with Crippen molar-refractivity contribution in [2.45, 2.75) is 13.3 Å². The molecule has 0 unspecified atom stereocenters. The zero-order chi connectivity index (χ0) is 6.62. The largest absolute Gasteiger partial charge is 0.273 e. The van der Waals surface area contributed by atoms with Crippen LogP contribution in [-0.4, -0.2) is 72.7 Å². The van der Waals surface area contributed by atoms with Gasteiger partial charge in [-0.1, -0.05) is 6.92 Å². The Morgan fingerprint density at radius 1 is 1.44 bits per heavy atom. The van der Waals surface area contributed by atoms with E-state index in [9.17, 15) is 8.42 Å². The molecule has 0 aliphatic rings. The standard InChI is InChI=1S/C4H10O3S.K/c1-3-4-8(5,6)7-2;/h3-4H2,1-2H3;. The van der Waals surface area contributed by atoms with Gasteiger partial charge in [-0.05, 0) is 6.42 Å². The van der Waals surface area contributed by atoms with Crippen LogP contribution in [-0.2, 0) is 14.3 Å². The second kappa shape index (κ2) is 6.27. The third-order valence-corrected chi connectivity index (χ3v) is 2.12. The summed E-state index contributed by atoms with van der Waals surface area (Å²) in [6.45, 7) is 1.79. The molecule has 0 saturated carbocycles. The second-order valence-corrected chi connectivity index (χ2v) is 3.29. The molecule has 51 valence electrons. The summed E-state index contributed by atoms with van der Waals surface area (Å²) in [4.78, 5) is 0. The van der Waals surface area contributed by atoms with Crippen molar-refractivity contribution in [2.24, 2.45) is 0 Å². The molecule has 0 bridgehead atoms. The van der Waals surface area contributed by atoms with Crippen LogP contribution in [0.3, 0.4) is 0 Å². The van der Waals surface area contributed by atoms with Crippen molar-refractivity contribution in [1.82, 2.24) is 0 Å². The van der Waals surface area contributed by atoms with Crippen LogP contribution < -0.4 is 0 Å². The van der Waals surface area contributed by atoms with Crippen molar-refractivity contribution in [3.05, 3.63) is 0 Å². The molecule has 0 heterocycles. The third kappa shape index (κ3) is 7.44. The minimum Gasteiger partial charge on any atom is -0.273 e. The third-order valence-electron chi connectivity index (χ3n) is 0.708. The Labute approximate surface area is 98.7 Å². The first kappa shape index (κ1) is 13.2. The Hall–Kier alpha value is 1.55. The maximum Gasteiger partial charge on any atom is 0.267 e. The van der Waals surface area contributed by atoms with E-state index in [1.54, 1.807) is 6.92 Å². The van der Waals surface area contributed by atoms with Gasteiger partial charge in [-0.25, -0.2) is 0 Å². The predicted molar refractivity (Wildman–Crippen MR) is 36.8 cm³/mol. The summed E-state index contributed by atoms with van der Waals surface area (Å²) in [7, 11) is -2.00. The fourth-order valence-corrected chi connectivity index (χ4v) is 1.000. The van der Waals surface area contributed by atoms with Crippen LogP contribution in [0.4, 0.5) is 0 Å². The molecule has 0 fully saturated rings. The summed E-state index contributed by atoms with van der Waals surface area (Å²) >= 11 is 0. The first-order valence-corrected chi connectivity index (χ1v) is 3.98. The van der Waals surface area contributed by atoms with Crippen LogP contribution in [0.1, 0.15) is 13.3 Å². The van der Waals surface area contributed by atoms with Crippen LogP contribution in [0.15, 0.2) is 0 Å². The van der Waals surface area contributed by atoms with E-state index in [0.29, 0.717) is 6.42 Å². The normalized spacial score (nSPS) is 10.4. The van der Waals surface area contributed by atoms with E-state index < -0.39 is 10.1 Å². The van der Waals surface area contributed by atoms with Gasteiger partial charge in [-0.15, -0.1) is 0 Å². The molecule has 0 spiro atoms. The molecule has 0 aromatic carbocycles. The molecule has 1 radical (unpaired) electrons. The predicted octanol–water partition coefficient (Wildman–Crippen LogP) is -0.00820. The summed E-state index contributed by atoms with van der Waals surface area (Å²) in [5, 5.41) is 0. The average molecular weight is 177 g/mol. The molecule has 9 heavy (non-hydrogen) atoms. The number of hydrogen-bond donors (Lipinski definition) is 0. The Morgan fingerprint density at radius 3 is 2.00 bits per heavy atom. The average Bonchev–Trinajstić information content (AvgIpc) is 1.67. The molecule has 0 saturated heterocycles. The second-order valence-electron chi connectivity index (χ2n) is 1.43. The Kier molecular flexibility index (Phi) is 9.17. The monoisotopic (exact) mass is 177 g/mol. The maximum absolute atomic E-state index is 10.4. The zero-order valence-electron chi connectivity index (χ0n) is 6.05. The first-order chi connectivity index (χ1) is 3.62. The number of rotatable bonds is 3. The molecule has 0 aliphatic heterocycles. The molecule has 0 aromatic heterocycles. The van der Waals surface area contributed by atoms with Gasteiger partial charge >= 0.3 is 0 Å². The fraction of sp³-hybridized carbons (Fsp3) is 1.00. The summed E-state index contributed by atoms with van der Waals surface area (Å²) in [6.07, 6.45) is 0.607. The van der Waals surface area contributed by atoms with Gasteiger partial charge in [-0.3, -0.25) is 4.18 Å². The van der Waals surface area contributed by atoms with Crippen LogP contribution in [0.5, 0.6) is 0 Å². The first-order valence-electron chi connectivity index (χ1n) is 2.40. The van der Waals surface area contributed by atoms with Crippen LogP contribution >= 0.6 is 0 Å². The van der Waals surface area contributed by atoms with E-state index in [1.807, 2.05) is 0 Å². The van der Waals surface area contributed by atoms with Crippen molar-refractivity contribution in [3.63, 3.8) is 0 Å². The SMILES string of the molecule is CCCS(=O)(=O)OC.[K]. The molecular formula is C4H10KO3S. The van der Waals surface area contributed by atoms with Crippen LogP contribution in [0.25, 0.3) is 0 Å². The zero-order valence-corrected chi connectivity index (χ0v) is 9.99. The Balaban J connectivity index is 0. The summed E-state index contributed by atoms with van der Waals surface area (Å²) in [6, 6.07) is 0. The molecule has 0 amide bonds. The topological polar surface area (TPSA) is 43.4 Å². The fourth-order valence-electron chi connectivity index (χ4n) is 0.333. The smallest absolute Gasteiger partial charge is 0.267 e. The molecule has 0 aromatic rings. The maximum atomic E-state index is 10.4. The van der Waals surface area contributed by atoms with Gasteiger partial charge in [-0.2, -0.15) is 8.42 Å². The van der Waals surface area contributed by atoms with Gasteiger partial charge < -0.3 is 0 Å². The Bertz CT molecular complexity index is 140. The van der Waals surface area contributed by atoms with E-state index in [1.165, 1.54) is 7.11 Å². The van der Waals surface area contributed by atoms with Crippen LogP contribution in [0, 0.1) is 0 Å². The van der Waals surface area contributed by atoms with Gasteiger partial charge in [0.05, 0.1) is 12.9 Å². The quantitative estimate of drug-likeness (QED) is 0.450. The van der Waals surface area contributed by atoms with Crippen molar-refractivity contribution in [2.75, 3.05) is 12.9 Å². The van der Waals surface area contributed by atoms with Crippen molar-refractivity contribution < 1.29 is 12.6 Å². The Morgan fingerprint density at radius 2 is 1.89 bits per heavy atom. The van der Waals surface area contributed by atoms with E-state index in [-0.39, 0.29) is 57.1 Å². The van der Waals surface area contributed by atoms with Gasteiger partial charge in [0, 0.05) is 51.4 Å². The minimum atomic E-state index is -3.17. The van der Waals surface area contributed by atoms with Gasteiger partial charge in [0.15, 0.2) is 0 Å².